The van der Waals surface area contributed by atoms with E-state index in [0.717, 1.165) is 68.8 Å². The van der Waals surface area contributed by atoms with Crippen molar-refractivity contribution in [3.63, 3.8) is 0 Å². The molecule has 154 valence electrons. The molecule has 0 unspecified atom stereocenters. The average molecular weight is 513 g/mol. The topological polar surface area (TPSA) is 52.6 Å². The fourth-order valence-electron chi connectivity index (χ4n) is 3.40. The molecule has 0 saturated heterocycles. The summed E-state index contributed by atoms with van der Waals surface area (Å²) in [6, 6.07) is 8.82. The quantitative estimate of drug-likeness (QED) is 0.245. The van der Waals surface area contributed by atoms with Gasteiger partial charge in [0.25, 0.3) is 0 Å². The Bertz CT molecular complexity index is 746. The molecular formula is C21H32IN5S. The number of fused-ring (bicyclic) bond motifs is 1. The first-order chi connectivity index (χ1) is 13.2. The van der Waals surface area contributed by atoms with Crippen LogP contribution in [0.3, 0.4) is 0 Å². The molecule has 0 radical (unpaired) electrons. The minimum absolute atomic E-state index is 0. The maximum absolute atomic E-state index is 4.73. The maximum Gasteiger partial charge on any atom is 0.191 e. The molecule has 0 atom stereocenters. The van der Waals surface area contributed by atoms with Crippen LogP contribution in [0, 0.1) is 6.92 Å². The van der Waals surface area contributed by atoms with Crippen LogP contribution in [0.1, 0.15) is 35.2 Å². The standard InChI is InChI=1S/C21H31N5S.HI/c1-3-22-21(24-12-9-20-16-27-17(2)25-20)23-11-6-13-26-14-10-18-7-4-5-8-19(18)15-26;/h4-5,7-8,16H,3,6,9-15H2,1-2H3,(H2,22,23,24);1H. The Balaban J connectivity index is 0.00000280. The van der Waals surface area contributed by atoms with E-state index in [-0.39, 0.29) is 24.0 Å². The number of aliphatic imine (C=N–C) groups is 1. The van der Waals surface area contributed by atoms with Crippen LogP contribution in [0.5, 0.6) is 0 Å². The van der Waals surface area contributed by atoms with Gasteiger partial charge in [0.1, 0.15) is 0 Å². The second kappa shape index (κ2) is 12.4. The Labute approximate surface area is 190 Å². The molecular weight excluding hydrogens is 481 g/mol. The number of aromatic nitrogens is 1. The van der Waals surface area contributed by atoms with Crippen molar-refractivity contribution in [2.24, 2.45) is 4.99 Å². The summed E-state index contributed by atoms with van der Waals surface area (Å²) in [4.78, 5) is 11.8. The molecule has 7 heteroatoms. The van der Waals surface area contributed by atoms with E-state index in [4.69, 9.17) is 4.99 Å². The number of aryl methyl sites for hydroxylation is 1. The van der Waals surface area contributed by atoms with E-state index in [9.17, 15) is 0 Å². The molecule has 3 rings (SSSR count). The number of thiazole rings is 1. The SMILES string of the molecule is CCNC(=NCCCN1CCc2ccccc2C1)NCCc1csc(C)n1.I. The molecule has 0 amide bonds. The van der Waals surface area contributed by atoms with Gasteiger partial charge in [-0.1, -0.05) is 24.3 Å². The molecule has 0 aliphatic carbocycles. The highest BCUT2D eigenvalue weighted by Crippen LogP contribution is 2.18. The Morgan fingerprint density at radius 3 is 2.82 bits per heavy atom. The number of hydrogen-bond acceptors (Lipinski definition) is 4. The van der Waals surface area contributed by atoms with Gasteiger partial charge in [0.05, 0.1) is 10.7 Å². The zero-order valence-corrected chi connectivity index (χ0v) is 20.1. The number of nitrogens with one attached hydrogen (secondary N) is 2. The molecule has 1 aromatic carbocycles. The van der Waals surface area contributed by atoms with Gasteiger partial charge in [-0.3, -0.25) is 9.89 Å². The van der Waals surface area contributed by atoms with E-state index >= 15 is 0 Å². The molecule has 1 aliphatic rings. The molecule has 0 fully saturated rings. The van der Waals surface area contributed by atoms with Crippen LogP contribution < -0.4 is 10.6 Å². The van der Waals surface area contributed by atoms with Crippen LogP contribution in [-0.2, 0) is 19.4 Å². The third kappa shape index (κ3) is 7.33. The first kappa shape index (κ1) is 23.1. The van der Waals surface area contributed by atoms with Gasteiger partial charge < -0.3 is 10.6 Å². The summed E-state index contributed by atoms with van der Waals surface area (Å²) in [6.45, 7) is 10.1. The molecule has 2 aromatic rings. The van der Waals surface area contributed by atoms with Gasteiger partial charge in [0, 0.05) is 51.1 Å². The largest absolute Gasteiger partial charge is 0.357 e. The lowest BCUT2D eigenvalue weighted by molar-refractivity contribution is 0.252. The molecule has 0 spiro atoms. The summed E-state index contributed by atoms with van der Waals surface area (Å²) in [6.07, 6.45) is 3.19. The van der Waals surface area contributed by atoms with Crippen molar-refractivity contribution in [1.82, 2.24) is 20.5 Å². The van der Waals surface area contributed by atoms with E-state index in [1.165, 1.54) is 17.5 Å². The molecule has 0 bridgehead atoms. The molecule has 1 aromatic heterocycles. The van der Waals surface area contributed by atoms with Gasteiger partial charge in [-0.05, 0) is 37.8 Å². The van der Waals surface area contributed by atoms with Crippen molar-refractivity contribution in [3.05, 3.63) is 51.5 Å². The smallest absolute Gasteiger partial charge is 0.191 e. The van der Waals surface area contributed by atoms with Crippen LogP contribution in [0.15, 0.2) is 34.6 Å². The zero-order valence-electron chi connectivity index (χ0n) is 16.9. The fraction of sp³-hybridized carbons (Fsp3) is 0.524. The second-order valence-electron chi connectivity index (χ2n) is 6.94. The number of hydrogen-bond donors (Lipinski definition) is 2. The third-order valence-corrected chi connectivity index (χ3v) is 5.62. The van der Waals surface area contributed by atoms with Gasteiger partial charge >= 0.3 is 0 Å². The first-order valence-electron chi connectivity index (χ1n) is 9.97. The van der Waals surface area contributed by atoms with Crippen molar-refractivity contribution in [1.29, 1.82) is 0 Å². The molecule has 0 saturated carbocycles. The summed E-state index contributed by atoms with van der Waals surface area (Å²) in [5.41, 5.74) is 4.16. The Kier molecular flexibility index (Phi) is 10.2. The lowest BCUT2D eigenvalue weighted by atomic mass is 10.00. The predicted molar refractivity (Wildman–Crippen MR) is 130 cm³/mol. The molecule has 28 heavy (non-hydrogen) atoms. The van der Waals surface area contributed by atoms with E-state index in [1.54, 1.807) is 11.3 Å². The summed E-state index contributed by atoms with van der Waals surface area (Å²) < 4.78 is 0. The minimum atomic E-state index is 0. The number of guanidine groups is 1. The first-order valence-corrected chi connectivity index (χ1v) is 10.8. The monoisotopic (exact) mass is 513 g/mol. The van der Waals surface area contributed by atoms with Crippen LogP contribution >= 0.6 is 35.3 Å². The van der Waals surface area contributed by atoms with E-state index in [0.29, 0.717) is 0 Å². The summed E-state index contributed by atoms with van der Waals surface area (Å²) in [5.74, 6) is 0.911. The van der Waals surface area contributed by atoms with Crippen LogP contribution in [0.25, 0.3) is 0 Å². The predicted octanol–water partition coefficient (Wildman–Crippen LogP) is 3.62. The van der Waals surface area contributed by atoms with Gasteiger partial charge in [-0.15, -0.1) is 35.3 Å². The maximum atomic E-state index is 4.73. The van der Waals surface area contributed by atoms with Crippen molar-refractivity contribution in [2.45, 2.75) is 39.7 Å². The number of nitrogens with zero attached hydrogens (tertiary/aromatic N) is 3. The highest BCUT2D eigenvalue weighted by Gasteiger charge is 2.14. The number of rotatable bonds is 8. The fourth-order valence-corrected chi connectivity index (χ4v) is 4.05. The molecule has 2 N–H and O–H groups in total. The average Bonchev–Trinajstić information content (AvgIpc) is 3.10. The van der Waals surface area contributed by atoms with Gasteiger partial charge in [0.2, 0.25) is 0 Å². The van der Waals surface area contributed by atoms with Gasteiger partial charge in [-0.25, -0.2) is 4.98 Å². The number of benzene rings is 1. The van der Waals surface area contributed by atoms with E-state index in [1.807, 2.05) is 6.92 Å². The van der Waals surface area contributed by atoms with E-state index < -0.39 is 0 Å². The van der Waals surface area contributed by atoms with Crippen molar-refractivity contribution in [3.8, 4) is 0 Å². The highest BCUT2D eigenvalue weighted by atomic mass is 127. The Hall–Kier alpha value is -1.19. The van der Waals surface area contributed by atoms with Crippen LogP contribution in [-0.4, -0.2) is 48.6 Å². The van der Waals surface area contributed by atoms with Crippen molar-refractivity contribution < 1.29 is 0 Å². The number of halogens is 1. The third-order valence-electron chi connectivity index (χ3n) is 4.80. The summed E-state index contributed by atoms with van der Waals surface area (Å²) in [5, 5.41) is 10.0. The molecule has 1 aliphatic heterocycles. The second-order valence-corrected chi connectivity index (χ2v) is 8.01. The zero-order chi connectivity index (χ0) is 18.9. The van der Waals surface area contributed by atoms with Crippen molar-refractivity contribution in [2.75, 3.05) is 32.7 Å². The van der Waals surface area contributed by atoms with Crippen LogP contribution in [0.2, 0.25) is 0 Å². The van der Waals surface area contributed by atoms with Gasteiger partial charge in [0.15, 0.2) is 5.96 Å². The molecule has 2 heterocycles. The Morgan fingerprint density at radius 2 is 2.07 bits per heavy atom. The van der Waals surface area contributed by atoms with E-state index in [2.05, 4.69) is 57.1 Å². The lowest BCUT2D eigenvalue weighted by Gasteiger charge is -2.28. The normalized spacial score (nSPS) is 14.3. The Morgan fingerprint density at radius 1 is 1.25 bits per heavy atom. The lowest BCUT2D eigenvalue weighted by Crippen LogP contribution is -2.38. The minimum Gasteiger partial charge on any atom is -0.357 e. The summed E-state index contributed by atoms with van der Waals surface area (Å²) in [7, 11) is 0. The summed E-state index contributed by atoms with van der Waals surface area (Å²) >= 11 is 1.71. The highest BCUT2D eigenvalue weighted by molar-refractivity contribution is 14.0. The van der Waals surface area contributed by atoms with Gasteiger partial charge in [-0.2, -0.15) is 0 Å². The van der Waals surface area contributed by atoms with Crippen LogP contribution in [0.4, 0.5) is 0 Å². The van der Waals surface area contributed by atoms with Crippen molar-refractivity contribution >= 4 is 41.3 Å². The molecule has 5 nitrogen and oxygen atoms in total.